The van der Waals surface area contributed by atoms with Crippen molar-refractivity contribution >= 4 is 33.6 Å². The molecule has 4 rings (SSSR count). The second-order valence-electron chi connectivity index (χ2n) is 6.50. The number of nitrogen functional groups attached to an aromatic ring is 1. The Kier molecular flexibility index (Phi) is 5.09. The van der Waals surface area contributed by atoms with Crippen molar-refractivity contribution in [1.29, 1.82) is 0 Å². The van der Waals surface area contributed by atoms with Crippen LogP contribution in [0.3, 0.4) is 0 Å². The van der Waals surface area contributed by atoms with E-state index >= 15 is 0 Å². The molecule has 1 amide bonds. The third-order valence-electron chi connectivity index (χ3n) is 4.65. The van der Waals surface area contributed by atoms with Crippen molar-refractivity contribution in [1.82, 2.24) is 5.32 Å². The summed E-state index contributed by atoms with van der Waals surface area (Å²) in [6.07, 6.45) is 0. The summed E-state index contributed by atoms with van der Waals surface area (Å²) in [6, 6.07) is 19.7. The number of carbonyl (C=O) groups is 1. The number of hydrogen-bond donors (Lipinski definition) is 3. The molecule has 2 aromatic carbocycles. The lowest BCUT2D eigenvalue weighted by molar-refractivity contribution is 0.103. The largest absolute Gasteiger partial charge is 0.397 e. The first-order chi connectivity index (χ1) is 13.2. The van der Waals surface area contributed by atoms with Gasteiger partial charge in [-0.15, -0.1) is 11.3 Å². The van der Waals surface area contributed by atoms with Gasteiger partial charge in [0.2, 0.25) is 0 Å². The number of rotatable bonds is 4. The fourth-order valence-corrected chi connectivity index (χ4v) is 4.12. The summed E-state index contributed by atoms with van der Waals surface area (Å²) < 4.78 is 0. The number of hydrogen-bond acceptors (Lipinski definition) is 5. The lowest BCUT2D eigenvalue weighted by Crippen LogP contribution is -2.43. The van der Waals surface area contributed by atoms with Gasteiger partial charge in [0.15, 0.2) is 0 Å². The molecular formula is C21H22N4OS. The van der Waals surface area contributed by atoms with Crippen LogP contribution in [0.5, 0.6) is 0 Å². The zero-order valence-electron chi connectivity index (χ0n) is 14.9. The summed E-state index contributed by atoms with van der Waals surface area (Å²) in [6.45, 7) is 3.88. The first kappa shape index (κ1) is 17.6. The van der Waals surface area contributed by atoms with Crippen LogP contribution in [0, 0.1) is 0 Å². The maximum absolute atomic E-state index is 12.7. The highest BCUT2D eigenvalue weighted by molar-refractivity contribution is 7.18. The van der Waals surface area contributed by atoms with E-state index in [0.29, 0.717) is 16.3 Å². The van der Waals surface area contributed by atoms with Gasteiger partial charge in [0, 0.05) is 26.2 Å². The molecule has 0 bridgehead atoms. The molecule has 6 heteroatoms. The van der Waals surface area contributed by atoms with Crippen LogP contribution in [0.1, 0.15) is 9.67 Å². The number of thiophene rings is 1. The van der Waals surface area contributed by atoms with Crippen molar-refractivity contribution < 1.29 is 4.79 Å². The van der Waals surface area contributed by atoms with Crippen LogP contribution in [0.15, 0.2) is 60.7 Å². The van der Waals surface area contributed by atoms with E-state index in [1.54, 1.807) is 0 Å². The van der Waals surface area contributed by atoms with Gasteiger partial charge in [-0.3, -0.25) is 4.79 Å². The van der Waals surface area contributed by atoms with Crippen LogP contribution in [0.2, 0.25) is 0 Å². The van der Waals surface area contributed by atoms with Crippen molar-refractivity contribution in [2.45, 2.75) is 0 Å². The monoisotopic (exact) mass is 378 g/mol. The van der Waals surface area contributed by atoms with Crippen molar-refractivity contribution in [2.24, 2.45) is 0 Å². The van der Waals surface area contributed by atoms with Crippen LogP contribution in [0.25, 0.3) is 11.1 Å². The molecule has 1 aromatic heterocycles. The molecule has 1 aliphatic heterocycles. The zero-order valence-corrected chi connectivity index (χ0v) is 15.8. The van der Waals surface area contributed by atoms with E-state index in [1.165, 1.54) is 11.3 Å². The molecular weight excluding hydrogens is 356 g/mol. The highest BCUT2D eigenvalue weighted by Crippen LogP contribution is 2.30. The molecule has 27 heavy (non-hydrogen) atoms. The number of benzene rings is 2. The number of nitrogens with zero attached hydrogens (tertiary/aromatic N) is 1. The maximum atomic E-state index is 12.7. The van der Waals surface area contributed by atoms with Gasteiger partial charge in [-0.2, -0.15) is 0 Å². The summed E-state index contributed by atoms with van der Waals surface area (Å²) in [5, 5.41) is 7.44. The third kappa shape index (κ3) is 3.97. The number of nitrogens with two attached hydrogens (primary N) is 1. The fourth-order valence-electron chi connectivity index (χ4n) is 3.16. The molecule has 0 aliphatic carbocycles. The Morgan fingerprint density at radius 1 is 1.00 bits per heavy atom. The SMILES string of the molecule is Nc1ccc(-c2ccccc2)cc1NC(=O)c1ccc(N2CCNCC2)s1. The lowest BCUT2D eigenvalue weighted by atomic mass is 10.0. The molecule has 0 unspecified atom stereocenters. The van der Waals surface area contributed by atoms with Gasteiger partial charge in [0.1, 0.15) is 0 Å². The molecule has 0 spiro atoms. The maximum Gasteiger partial charge on any atom is 0.265 e. The highest BCUT2D eigenvalue weighted by Gasteiger charge is 2.16. The van der Waals surface area contributed by atoms with Crippen LogP contribution < -0.4 is 21.3 Å². The zero-order chi connectivity index (χ0) is 18.6. The van der Waals surface area contributed by atoms with Gasteiger partial charge in [-0.25, -0.2) is 0 Å². The molecule has 3 aromatic rings. The quantitative estimate of drug-likeness (QED) is 0.606. The summed E-state index contributed by atoms with van der Waals surface area (Å²) in [5.74, 6) is -0.127. The van der Waals surface area contributed by atoms with E-state index in [9.17, 15) is 4.79 Å². The van der Waals surface area contributed by atoms with Crippen molar-refractivity contribution in [2.75, 3.05) is 42.1 Å². The Bertz CT molecular complexity index is 932. The second kappa shape index (κ2) is 7.82. The summed E-state index contributed by atoms with van der Waals surface area (Å²) in [5.41, 5.74) is 9.39. The Balaban J connectivity index is 1.52. The topological polar surface area (TPSA) is 70.4 Å². The van der Waals surface area contributed by atoms with E-state index in [2.05, 4.69) is 15.5 Å². The summed E-state index contributed by atoms with van der Waals surface area (Å²) >= 11 is 1.52. The average Bonchev–Trinajstić information content (AvgIpc) is 3.21. The van der Waals surface area contributed by atoms with Crippen LogP contribution in [-0.4, -0.2) is 32.1 Å². The van der Waals surface area contributed by atoms with E-state index < -0.39 is 0 Å². The van der Waals surface area contributed by atoms with Gasteiger partial charge >= 0.3 is 0 Å². The first-order valence-corrected chi connectivity index (χ1v) is 9.84. The molecule has 5 nitrogen and oxygen atoms in total. The summed E-state index contributed by atoms with van der Waals surface area (Å²) in [7, 11) is 0. The lowest BCUT2D eigenvalue weighted by Gasteiger charge is -2.27. The van der Waals surface area contributed by atoms with Crippen molar-refractivity contribution in [3.05, 3.63) is 65.5 Å². The minimum atomic E-state index is -0.127. The fraction of sp³-hybridized carbons (Fsp3) is 0.190. The van der Waals surface area contributed by atoms with E-state index in [0.717, 1.165) is 42.3 Å². The molecule has 0 atom stereocenters. The van der Waals surface area contributed by atoms with Crippen LogP contribution in [0.4, 0.5) is 16.4 Å². The molecule has 1 aliphatic rings. The predicted molar refractivity (Wildman–Crippen MR) is 114 cm³/mol. The van der Waals surface area contributed by atoms with E-state index in [4.69, 9.17) is 5.73 Å². The Morgan fingerprint density at radius 2 is 1.78 bits per heavy atom. The number of nitrogens with one attached hydrogen (secondary N) is 2. The predicted octanol–water partition coefficient (Wildman–Crippen LogP) is 3.66. The van der Waals surface area contributed by atoms with Gasteiger partial charge in [0.25, 0.3) is 5.91 Å². The van der Waals surface area contributed by atoms with Crippen LogP contribution >= 0.6 is 11.3 Å². The minimum absolute atomic E-state index is 0.127. The van der Waals surface area contributed by atoms with Gasteiger partial charge in [0.05, 0.1) is 21.3 Å². The molecule has 2 heterocycles. The highest BCUT2D eigenvalue weighted by atomic mass is 32.1. The van der Waals surface area contributed by atoms with E-state index in [-0.39, 0.29) is 5.91 Å². The first-order valence-electron chi connectivity index (χ1n) is 9.02. The molecule has 1 saturated heterocycles. The number of anilines is 3. The normalized spacial score (nSPS) is 14.1. The second-order valence-corrected chi connectivity index (χ2v) is 7.56. The minimum Gasteiger partial charge on any atom is -0.397 e. The Labute approximate surface area is 162 Å². The molecule has 4 N–H and O–H groups in total. The third-order valence-corrected chi connectivity index (χ3v) is 5.80. The van der Waals surface area contributed by atoms with Crippen LogP contribution in [-0.2, 0) is 0 Å². The summed E-state index contributed by atoms with van der Waals surface area (Å²) in [4.78, 5) is 15.7. The molecule has 138 valence electrons. The van der Waals surface area contributed by atoms with Gasteiger partial charge in [-0.1, -0.05) is 36.4 Å². The smallest absolute Gasteiger partial charge is 0.265 e. The van der Waals surface area contributed by atoms with Crippen molar-refractivity contribution in [3.8, 4) is 11.1 Å². The molecule has 1 fully saturated rings. The Hall–Kier alpha value is -2.83. The average molecular weight is 379 g/mol. The van der Waals surface area contributed by atoms with Gasteiger partial charge < -0.3 is 21.3 Å². The van der Waals surface area contributed by atoms with Crippen molar-refractivity contribution in [3.63, 3.8) is 0 Å². The molecule has 0 saturated carbocycles. The standard InChI is InChI=1S/C21H22N4OS/c22-17-7-6-16(15-4-2-1-3-5-15)14-18(17)24-21(26)19-8-9-20(27-19)25-12-10-23-11-13-25/h1-9,14,23H,10-13,22H2,(H,24,26). The number of piperazine rings is 1. The Morgan fingerprint density at radius 3 is 2.56 bits per heavy atom. The molecule has 0 radical (unpaired) electrons. The number of amides is 1. The van der Waals surface area contributed by atoms with E-state index in [1.807, 2.05) is 60.7 Å². The van der Waals surface area contributed by atoms with Gasteiger partial charge in [-0.05, 0) is 35.4 Å². The number of carbonyl (C=O) groups excluding carboxylic acids is 1.